The molecule has 2 amide bonds. The van der Waals surface area contributed by atoms with Crippen molar-refractivity contribution in [1.29, 1.82) is 0 Å². The number of carbonyl (C=O) groups excluding carboxylic acids is 2. The van der Waals surface area contributed by atoms with Crippen molar-refractivity contribution < 1.29 is 27.5 Å². The van der Waals surface area contributed by atoms with Crippen molar-refractivity contribution in [1.82, 2.24) is 24.4 Å². The highest BCUT2D eigenvalue weighted by Gasteiger charge is 2.33. The van der Waals surface area contributed by atoms with Gasteiger partial charge in [-0.05, 0) is 45.7 Å². The Labute approximate surface area is 178 Å². The Kier molecular flexibility index (Phi) is 6.15. The first kappa shape index (κ1) is 22.8. The number of likely N-dealkylation sites (tertiary alicyclic amines) is 1. The average Bonchev–Trinajstić information content (AvgIpc) is 3.09. The molecule has 31 heavy (non-hydrogen) atoms. The molecule has 3 rings (SSSR count). The summed E-state index contributed by atoms with van der Waals surface area (Å²) in [5, 5.41) is 8.05. The molecule has 0 radical (unpaired) electrons. The summed E-state index contributed by atoms with van der Waals surface area (Å²) in [6, 6.07) is 2.25. The van der Waals surface area contributed by atoms with Crippen LogP contribution in [0.2, 0.25) is 0 Å². The number of likely N-dealkylation sites (N-methyl/N-ethyl adjacent to an activating group) is 1. The molecule has 1 fully saturated rings. The number of halogens is 3. The van der Waals surface area contributed by atoms with Crippen LogP contribution in [0, 0.1) is 0 Å². The third-order valence-corrected chi connectivity index (χ3v) is 4.97. The van der Waals surface area contributed by atoms with Crippen molar-refractivity contribution >= 4 is 17.6 Å². The lowest BCUT2D eigenvalue weighted by atomic mass is 9.97. The number of nitrogens with zero attached hydrogens (tertiary/aromatic N) is 5. The molecule has 0 bridgehead atoms. The lowest BCUT2D eigenvalue weighted by Crippen LogP contribution is -2.46. The zero-order valence-corrected chi connectivity index (χ0v) is 17.9. The summed E-state index contributed by atoms with van der Waals surface area (Å²) in [6.45, 7) is 5.86. The Hall–Kier alpha value is -2.85. The van der Waals surface area contributed by atoms with Gasteiger partial charge in [0.2, 0.25) is 5.91 Å². The highest BCUT2D eigenvalue weighted by molar-refractivity contribution is 5.82. The van der Waals surface area contributed by atoms with Crippen molar-refractivity contribution in [3.63, 3.8) is 0 Å². The van der Waals surface area contributed by atoms with E-state index in [1.165, 1.54) is 22.4 Å². The Morgan fingerprint density at radius 1 is 1.23 bits per heavy atom. The Balaban J connectivity index is 1.72. The highest BCUT2D eigenvalue weighted by atomic mass is 19.4. The van der Waals surface area contributed by atoms with Crippen LogP contribution in [0.1, 0.15) is 50.9 Å². The van der Waals surface area contributed by atoms with E-state index in [9.17, 15) is 22.8 Å². The Morgan fingerprint density at radius 2 is 1.94 bits per heavy atom. The molecule has 11 heteroatoms. The van der Waals surface area contributed by atoms with Crippen LogP contribution < -0.4 is 0 Å². The van der Waals surface area contributed by atoms with E-state index in [0.29, 0.717) is 30.9 Å². The van der Waals surface area contributed by atoms with Gasteiger partial charge < -0.3 is 14.5 Å². The predicted octanol–water partition coefficient (Wildman–Crippen LogP) is 3.32. The van der Waals surface area contributed by atoms with Gasteiger partial charge in [-0.3, -0.25) is 9.20 Å². The number of amides is 2. The average molecular weight is 441 g/mol. The number of pyridine rings is 1. The molecule has 0 N–H and O–H groups in total. The summed E-state index contributed by atoms with van der Waals surface area (Å²) < 4.78 is 45.9. The molecule has 2 aromatic rings. The van der Waals surface area contributed by atoms with Crippen molar-refractivity contribution in [2.45, 2.75) is 51.3 Å². The van der Waals surface area contributed by atoms with E-state index in [2.05, 4.69) is 10.2 Å². The van der Waals surface area contributed by atoms with Crippen LogP contribution in [0.15, 0.2) is 18.3 Å². The molecule has 2 aromatic heterocycles. The van der Waals surface area contributed by atoms with Gasteiger partial charge in [-0.15, -0.1) is 10.2 Å². The van der Waals surface area contributed by atoms with Crippen LogP contribution in [0.5, 0.6) is 0 Å². The molecule has 1 saturated heterocycles. The van der Waals surface area contributed by atoms with Crippen LogP contribution in [-0.4, -0.2) is 68.7 Å². The number of hydrogen-bond donors (Lipinski definition) is 0. The number of hydrogen-bond acceptors (Lipinski definition) is 5. The second-order valence-corrected chi connectivity index (χ2v) is 8.72. The zero-order chi connectivity index (χ0) is 23.0. The number of fused-ring (bicyclic) bond motifs is 1. The second kappa shape index (κ2) is 8.35. The van der Waals surface area contributed by atoms with Gasteiger partial charge in [0.15, 0.2) is 5.65 Å². The quantitative estimate of drug-likeness (QED) is 0.730. The van der Waals surface area contributed by atoms with Crippen LogP contribution >= 0.6 is 0 Å². The normalized spacial score (nSPS) is 17.6. The molecule has 0 aliphatic carbocycles. The van der Waals surface area contributed by atoms with Gasteiger partial charge in [-0.2, -0.15) is 13.2 Å². The van der Waals surface area contributed by atoms with E-state index in [1.54, 1.807) is 25.7 Å². The summed E-state index contributed by atoms with van der Waals surface area (Å²) in [4.78, 5) is 27.6. The molecule has 3 heterocycles. The maximum Gasteiger partial charge on any atom is 0.417 e. The van der Waals surface area contributed by atoms with Gasteiger partial charge in [0.1, 0.15) is 18.0 Å². The van der Waals surface area contributed by atoms with Gasteiger partial charge in [-0.25, -0.2) is 4.79 Å². The SMILES string of the molecule is CN(CC(=O)N1CCCC(c2nnc3ccc(C(F)(F)F)cn23)C1)C(=O)OC(C)(C)C. The molecule has 0 spiro atoms. The standard InChI is InChI=1S/C20H26F3N5O3/c1-19(2,3)31-18(30)26(4)12-16(29)27-9-5-6-13(10-27)17-25-24-15-8-7-14(11-28(15)17)20(21,22)23/h7-8,11,13H,5-6,9-10,12H2,1-4H3. The minimum Gasteiger partial charge on any atom is -0.444 e. The Morgan fingerprint density at radius 3 is 2.58 bits per heavy atom. The molecule has 1 atom stereocenters. The maximum atomic E-state index is 13.1. The molecule has 1 aliphatic rings. The molecule has 0 saturated carbocycles. The van der Waals surface area contributed by atoms with Gasteiger partial charge in [-0.1, -0.05) is 0 Å². The summed E-state index contributed by atoms with van der Waals surface area (Å²) in [6.07, 6.45) is -2.75. The first-order chi connectivity index (χ1) is 14.3. The van der Waals surface area contributed by atoms with E-state index in [0.717, 1.165) is 12.3 Å². The van der Waals surface area contributed by atoms with E-state index in [4.69, 9.17) is 4.74 Å². The third-order valence-electron chi connectivity index (χ3n) is 4.97. The molecular formula is C20H26F3N5O3. The van der Waals surface area contributed by atoms with Gasteiger partial charge in [0, 0.05) is 32.3 Å². The molecule has 170 valence electrons. The largest absolute Gasteiger partial charge is 0.444 e. The fraction of sp³-hybridized carbons (Fsp3) is 0.600. The fourth-order valence-electron chi connectivity index (χ4n) is 3.48. The first-order valence-electron chi connectivity index (χ1n) is 9.99. The van der Waals surface area contributed by atoms with Crippen molar-refractivity contribution in [3.05, 3.63) is 29.7 Å². The summed E-state index contributed by atoms with van der Waals surface area (Å²) in [5.74, 6) is -0.134. The molecule has 1 aliphatic heterocycles. The van der Waals surface area contributed by atoms with Crippen LogP contribution in [0.25, 0.3) is 5.65 Å². The summed E-state index contributed by atoms with van der Waals surface area (Å²) in [5.41, 5.74) is -1.14. The summed E-state index contributed by atoms with van der Waals surface area (Å²) >= 11 is 0. The Bertz CT molecular complexity index is 967. The lowest BCUT2D eigenvalue weighted by molar-refractivity contribution is -0.137. The van der Waals surface area contributed by atoms with Gasteiger partial charge in [0.05, 0.1) is 5.56 Å². The van der Waals surface area contributed by atoms with E-state index < -0.39 is 23.4 Å². The van der Waals surface area contributed by atoms with Crippen LogP contribution in [0.4, 0.5) is 18.0 Å². The van der Waals surface area contributed by atoms with E-state index in [-0.39, 0.29) is 24.9 Å². The number of alkyl halides is 3. The topological polar surface area (TPSA) is 80.0 Å². The van der Waals surface area contributed by atoms with E-state index >= 15 is 0 Å². The molecule has 8 nitrogen and oxygen atoms in total. The molecule has 0 aromatic carbocycles. The van der Waals surface area contributed by atoms with Crippen molar-refractivity contribution in [2.24, 2.45) is 0 Å². The maximum absolute atomic E-state index is 13.1. The van der Waals surface area contributed by atoms with Crippen molar-refractivity contribution in [3.8, 4) is 0 Å². The highest BCUT2D eigenvalue weighted by Crippen LogP contribution is 2.31. The van der Waals surface area contributed by atoms with Gasteiger partial charge >= 0.3 is 12.3 Å². The monoisotopic (exact) mass is 441 g/mol. The predicted molar refractivity (Wildman–Crippen MR) is 105 cm³/mol. The van der Waals surface area contributed by atoms with Crippen molar-refractivity contribution in [2.75, 3.05) is 26.7 Å². The minimum atomic E-state index is -4.48. The lowest BCUT2D eigenvalue weighted by Gasteiger charge is -2.33. The van der Waals surface area contributed by atoms with Crippen LogP contribution in [-0.2, 0) is 15.7 Å². The molecule has 1 unspecified atom stereocenters. The number of piperidine rings is 1. The van der Waals surface area contributed by atoms with Crippen LogP contribution in [0.3, 0.4) is 0 Å². The smallest absolute Gasteiger partial charge is 0.417 e. The second-order valence-electron chi connectivity index (χ2n) is 8.72. The third kappa shape index (κ3) is 5.45. The summed E-state index contributed by atoms with van der Waals surface area (Å²) in [7, 11) is 1.48. The first-order valence-corrected chi connectivity index (χ1v) is 9.99. The number of ether oxygens (including phenoxy) is 1. The number of carbonyl (C=O) groups is 2. The fourth-order valence-corrected chi connectivity index (χ4v) is 3.48. The molecular weight excluding hydrogens is 415 g/mol. The number of aromatic nitrogens is 3. The van der Waals surface area contributed by atoms with E-state index in [1.807, 2.05) is 0 Å². The number of rotatable bonds is 3. The zero-order valence-electron chi connectivity index (χ0n) is 17.9. The van der Waals surface area contributed by atoms with Gasteiger partial charge in [0.25, 0.3) is 0 Å². The minimum absolute atomic E-state index is 0.152.